The van der Waals surface area contributed by atoms with Crippen LogP contribution in [-0.2, 0) is 4.79 Å². The molecule has 0 aliphatic rings. The molecular weight excluding hydrogens is 386 g/mol. The number of nitrogens with zero attached hydrogens (tertiary/aromatic N) is 4. The first kappa shape index (κ1) is 19.2. The molecule has 1 amide bonds. The zero-order chi connectivity index (χ0) is 19.2. The van der Waals surface area contributed by atoms with Crippen molar-refractivity contribution < 1.29 is 9.53 Å². The summed E-state index contributed by atoms with van der Waals surface area (Å²) in [5.41, 5.74) is 1.36. The lowest BCUT2D eigenvalue weighted by Crippen LogP contribution is -2.23. The third-order valence-corrected chi connectivity index (χ3v) is 4.85. The highest BCUT2D eigenvalue weighted by atomic mass is 35.5. The summed E-state index contributed by atoms with van der Waals surface area (Å²) in [6.45, 7) is 4.23. The van der Waals surface area contributed by atoms with Gasteiger partial charge >= 0.3 is 0 Å². The second-order valence-electron chi connectivity index (χ2n) is 5.53. The summed E-state index contributed by atoms with van der Waals surface area (Å²) in [5.74, 6) is 0.500. The molecule has 0 spiro atoms. The van der Waals surface area contributed by atoms with Gasteiger partial charge in [0.05, 0.1) is 11.9 Å². The molecular formula is C18H18ClN5O2S. The Morgan fingerprint density at radius 1 is 1.30 bits per heavy atom. The molecule has 3 rings (SSSR count). The SMILES string of the molecule is CCOc1ccccc1-n1nnnc1S[C@H](C)C(=O)Nc1cccc(Cl)c1. The van der Waals surface area contributed by atoms with Crippen LogP contribution in [0.3, 0.4) is 0 Å². The van der Waals surface area contributed by atoms with Crippen molar-refractivity contribution in [1.82, 2.24) is 20.2 Å². The van der Waals surface area contributed by atoms with E-state index in [-0.39, 0.29) is 5.91 Å². The summed E-state index contributed by atoms with van der Waals surface area (Å²) in [6, 6.07) is 14.5. The quantitative estimate of drug-likeness (QED) is 0.603. The molecule has 2 aromatic carbocycles. The van der Waals surface area contributed by atoms with Crippen LogP contribution in [0.4, 0.5) is 5.69 Å². The molecule has 1 heterocycles. The van der Waals surface area contributed by atoms with E-state index in [9.17, 15) is 4.79 Å². The van der Waals surface area contributed by atoms with E-state index in [0.717, 1.165) is 0 Å². The van der Waals surface area contributed by atoms with Crippen LogP contribution in [0, 0.1) is 0 Å². The minimum absolute atomic E-state index is 0.171. The molecule has 140 valence electrons. The maximum Gasteiger partial charge on any atom is 0.237 e. The molecule has 7 nitrogen and oxygen atoms in total. The molecule has 0 saturated heterocycles. The number of carbonyl (C=O) groups excluding carboxylic acids is 1. The van der Waals surface area contributed by atoms with Gasteiger partial charge in [0.2, 0.25) is 11.1 Å². The van der Waals surface area contributed by atoms with Crippen molar-refractivity contribution in [3.05, 3.63) is 53.6 Å². The summed E-state index contributed by atoms with van der Waals surface area (Å²) >= 11 is 7.21. The van der Waals surface area contributed by atoms with Gasteiger partial charge in [-0.25, -0.2) is 0 Å². The molecule has 1 aromatic heterocycles. The summed E-state index contributed by atoms with van der Waals surface area (Å²) < 4.78 is 7.21. The number of tetrazole rings is 1. The van der Waals surface area contributed by atoms with E-state index in [0.29, 0.717) is 33.9 Å². The zero-order valence-corrected chi connectivity index (χ0v) is 16.4. The third-order valence-electron chi connectivity index (χ3n) is 3.58. The van der Waals surface area contributed by atoms with Crippen LogP contribution >= 0.6 is 23.4 Å². The van der Waals surface area contributed by atoms with Gasteiger partial charge in [-0.1, -0.05) is 41.6 Å². The Bertz CT molecular complexity index is 933. The van der Waals surface area contributed by atoms with E-state index in [1.54, 1.807) is 35.9 Å². The molecule has 0 aliphatic heterocycles. The molecule has 0 saturated carbocycles. The standard InChI is InChI=1S/C18H18ClN5O2S/c1-3-26-16-10-5-4-9-15(16)24-18(21-22-23-24)27-12(2)17(25)20-14-8-6-7-13(19)11-14/h4-12H,3H2,1-2H3,(H,20,25)/t12-/m1/s1. The fraction of sp³-hybridized carbons (Fsp3) is 0.222. The molecule has 0 unspecified atom stereocenters. The first-order chi connectivity index (χ1) is 13.1. The summed E-state index contributed by atoms with van der Waals surface area (Å²) in [7, 11) is 0. The molecule has 0 radical (unpaired) electrons. The first-order valence-corrected chi connectivity index (χ1v) is 9.58. The number of hydrogen-bond acceptors (Lipinski definition) is 6. The number of hydrogen-bond donors (Lipinski definition) is 1. The van der Waals surface area contributed by atoms with E-state index in [2.05, 4.69) is 20.8 Å². The van der Waals surface area contributed by atoms with Crippen LogP contribution in [0.25, 0.3) is 5.69 Å². The average Bonchev–Trinajstić information content (AvgIpc) is 3.10. The fourth-order valence-corrected chi connectivity index (χ4v) is 3.33. The average molecular weight is 404 g/mol. The van der Waals surface area contributed by atoms with E-state index in [4.69, 9.17) is 16.3 Å². The molecule has 0 aliphatic carbocycles. The topological polar surface area (TPSA) is 81.9 Å². The van der Waals surface area contributed by atoms with E-state index in [1.807, 2.05) is 31.2 Å². The van der Waals surface area contributed by atoms with Crippen molar-refractivity contribution in [2.75, 3.05) is 11.9 Å². The van der Waals surface area contributed by atoms with Gasteiger partial charge < -0.3 is 10.1 Å². The van der Waals surface area contributed by atoms with Gasteiger partial charge in [-0.2, -0.15) is 4.68 Å². The number of aromatic nitrogens is 4. The largest absolute Gasteiger partial charge is 0.492 e. The third kappa shape index (κ3) is 4.78. The van der Waals surface area contributed by atoms with Gasteiger partial charge in [-0.05, 0) is 54.6 Å². The summed E-state index contributed by atoms with van der Waals surface area (Å²) in [5, 5.41) is 15.3. The van der Waals surface area contributed by atoms with Crippen LogP contribution in [-0.4, -0.2) is 38.0 Å². The van der Waals surface area contributed by atoms with Crippen molar-refractivity contribution in [2.45, 2.75) is 24.3 Å². The van der Waals surface area contributed by atoms with E-state index < -0.39 is 5.25 Å². The number of halogens is 1. The van der Waals surface area contributed by atoms with Gasteiger partial charge in [0.25, 0.3) is 0 Å². The molecule has 3 aromatic rings. The Hall–Kier alpha value is -2.58. The number of anilines is 1. The second kappa shape index (κ2) is 8.88. The van der Waals surface area contributed by atoms with Crippen molar-refractivity contribution in [2.24, 2.45) is 0 Å². The van der Waals surface area contributed by atoms with Crippen LogP contribution in [0.1, 0.15) is 13.8 Å². The second-order valence-corrected chi connectivity index (χ2v) is 7.28. The Morgan fingerprint density at radius 2 is 2.11 bits per heavy atom. The highest BCUT2D eigenvalue weighted by Gasteiger charge is 2.20. The molecule has 9 heteroatoms. The van der Waals surface area contributed by atoms with E-state index in [1.165, 1.54) is 11.8 Å². The number of benzene rings is 2. The Labute approximate surface area is 166 Å². The minimum atomic E-state index is -0.423. The number of rotatable bonds is 7. The molecule has 0 fully saturated rings. The van der Waals surface area contributed by atoms with Gasteiger partial charge in [0.1, 0.15) is 11.4 Å². The van der Waals surface area contributed by atoms with Gasteiger partial charge in [-0.3, -0.25) is 4.79 Å². The van der Waals surface area contributed by atoms with Crippen LogP contribution < -0.4 is 10.1 Å². The van der Waals surface area contributed by atoms with Gasteiger partial charge in [-0.15, -0.1) is 5.10 Å². The lowest BCUT2D eigenvalue weighted by Gasteiger charge is -2.13. The Morgan fingerprint density at radius 3 is 2.89 bits per heavy atom. The Balaban J connectivity index is 1.75. The van der Waals surface area contributed by atoms with Crippen LogP contribution in [0.15, 0.2) is 53.7 Å². The highest BCUT2D eigenvalue weighted by molar-refractivity contribution is 8.00. The van der Waals surface area contributed by atoms with Crippen molar-refractivity contribution >= 4 is 35.0 Å². The van der Waals surface area contributed by atoms with E-state index >= 15 is 0 Å². The summed E-state index contributed by atoms with van der Waals surface area (Å²) in [6.07, 6.45) is 0. The fourth-order valence-electron chi connectivity index (χ4n) is 2.34. The van der Waals surface area contributed by atoms with Crippen LogP contribution in [0.5, 0.6) is 5.75 Å². The number of nitrogens with one attached hydrogen (secondary N) is 1. The normalized spacial score (nSPS) is 11.8. The lowest BCUT2D eigenvalue weighted by atomic mass is 10.3. The van der Waals surface area contributed by atoms with Gasteiger partial charge in [0, 0.05) is 10.7 Å². The molecule has 1 N–H and O–H groups in total. The minimum Gasteiger partial charge on any atom is -0.492 e. The van der Waals surface area contributed by atoms with Crippen molar-refractivity contribution in [3.8, 4) is 11.4 Å². The lowest BCUT2D eigenvalue weighted by molar-refractivity contribution is -0.115. The first-order valence-electron chi connectivity index (χ1n) is 8.32. The molecule has 1 atom stereocenters. The summed E-state index contributed by atoms with van der Waals surface area (Å²) in [4.78, 5) is 12.5. The maximum atomic E-state index is 12.5. The van der Waals surface area contributed by atoms with Crippen molar-refractivity contribution in [1.29, 1.82) is 0 Å². The smallest absolute Gasteiger partial charge is 0.237 e. The molecule has 27 heavy (non-hydrogen) atoms. The van der Waals surface area contributed by atoms with Crippen LogP contribution in [0.2, 0.25) is 5.02 Å². The number of para-hydroxylation sites is 2. The predicted molar refractivity (Wildman–Crippen MR) is 106 cm³/mol. The highest BCUT2D eigenvalue weighted by Crippen LogP contribution is 2.28. The number of thioether (sulfide) groups is 1. The zero-order valence-electron chi connectivity index (χ0n) is 14.8. The predicted octanol–water partition coefficient (Wildman–Crippen LogP) is 3.83. The Kier molecular flexibility index (Phi) is 6.31. The number of amides is 1. The number of carbonyl (C=O) groups is 1. The maximum absolute atomic E-state index is 12.5. The number of ether oxygens (including phenoxy) is 1. The molecule has 0 bridgehead atoms. The van der Waals surface area contributed by atoms with Crippen molar-refractivity contribution in [3.63, 3.8) is 0 Å². The van der Waals surface area contributed by atoms with Gasteiger partial charge in [0.15, 0.2) is 0 Å². The monoisotopic (exact) mass is 403 g/mol.